The number of hydrogen-bond donors (Lipinski definition) is 1. The number of benzene rings is 2. The Hall–Kier alpha value is -2.39. The van der Waals surface area contributed by atoms with Crippen LogP contribution in [0.1, 0.15) is 25.0 Å². The van der Waals surface area contributed by atoms with Crippen LogP contribution in [0.2, 0.25) is 0 Å². The molecule has 126 valence electrons. The van der Waals surface area contributed by atoms with E-state index in [0.717, 1.165) is 19.6 Å². The van der Waals surface area contributed by atoms with Crippen molar-refractivity contribution in [3.05, 3.63) is 77.9 Å². The first-order valence-electron chi connectivity index (χ1n) is 8.25. The van der Waals surface area contributed by atoms with Crippen LogP contribution in [0.3, 0.4) is 0 Å². The molecule has 0 spiro atoms. The lowest BCUT2D eigenvalue weighted by Gasteiger charge is -2.29. The van der Waals surface area contributed by atoms with E-state index >= 15 is 0 Å². The summed E-state index contributed by atoms with van der Waals surface area (Å²) in [6.45, 7) is 6.66. The minimum atomic E-state index is -0.190. The van der Waals surface area contributed by atoms with E-state index in [4.69, 9.17) is 5.21 Å². The van der Waals surface area contributed by atoms with E-state index < -0.39 is 0 Å². The molecule has 0 saturated heterocycles. The minimum Gasteiger partial charge on any atom is -0.411 e. The zero-order chi connectivity index (χ0) is 17.3. The molecule has 0 radical (unpaired) electrons. The predicted octanol–water partition coefficient (Wildman–Crippen LogP) is 4.69. The van der Waals surface area contributed by atoms with Gasteiger partial charge >= 0.3 is 0 Å². The van der Waals surface area contributed by atoms with Crippen molar-refractivity contribution in [1.29, 1.82) is 0 Å². The van der Waals surface area contributed by atoms with Crippen molar-refractivity contribution in [3.8, 4) is 0 Å². The van der Waals surface area contributed by atoms with Gasteiger partial charge in [0.2, 0.25) is 0 Å². The quantitative estimate of drug-likeness (QED) is 0.435. The largest absolute Gasteiger partial charge is 0.411 e. The van der Waals surface area contributed by atoms with Gasteiger partial charge in [0, 0.05) is 25.0 Å². The van der Waals surface area contributed by atoms with Crippen molar-refractivity contribution in [3.63, 3.8) is 0 Å². The van der Waals surface area contributed by atoms with Crippen molar-refractivity contribution < 1.29 is 5.21 Å². The van der Waals surface area contributed by atoms with Crippen molar-refractivity contribution in [2.24, 2.45) is 10.6 Å². The van der Waals surface area contributed by atoms with Gasteiger partial charge < -0.3 is 5.21 Å². The Morgan fingerprint density at radius 2 is 1.62 bits per heavy atom. The molecule has 2 aromatic rings. The van der Waals surface area contributed by atoms with Crippen LogP contribution in [0.4, 0.5) is 0 Å². The second-order valence-corrected chi connectivity index (χ2v) is 6.70. The van der Waals surface area contributed by atoms with Gasteiger partial charge in [-0.2, -0.15) is 0 Å². The SMILES string of the molecule is CC(C)(/C=N/O)CN(C/C=C/c1ccccc1)Cc1ccccc1. The van der Waals surface area contributed by atoms with E-state index in [-0.39, 0.29) is 5.41 Å². The van der Waals surface area contributed by atoms with Gasteiger partial charge in [-0.05, 0) is 11.1 Å². The molecule has 2 rings (SSSR count). The summed E-state index contributed by atoms with van der Waals surface area (Å²) in [7, 11) is 0. The molecule has 0 bridgehead atoms. The molecule has 2 aromatic carbocycles. The van der Waals surface area contributed by atoms with Crippen molar-refractivity contribution in [2.75, 3.05) is 13.1 Å². The predicted molar refractivity (Wildman–Crippen MR) is 101 cm³/mol. The van der Waals surface area contributed by atoms with Gasteiger partial charge in [-0.15, -0.1) is 5.16 Å². The number of nitrogens with zero attached hydrogens (tertiary/aromatic N) is 2. The molecule has 0 aliphatic heterocycles. The van der Waals surface area contributed by atoms with E-state index in [1.54, 1.807) is 6.21 Å². The molecule has 0 heterocycles. The van der Waals surface area contributed by atoms with Crippen LogP contribution in [0.15, 0.2) is 71.9 Å². The Bertz CT molecular complexity index is 648. The summed E-state index contributed by atoms with van der Waals surface area (Å²) in [5.41, 5.74) is 2.29. The zero-order valence-corrected chi connectivity index (χ0v) is 14.5. The maximum absolute atomic E-state index is 8.87. The Morgan fingerprint density at radius 3 is 2.25 bits per heavy atom. The molecule has 3 heteroatoms. The lowest BCUT2D eigenvalue weighted by molar-refractivity contribution is 0.230. The number of rotatable bonds is 8. The average molecular weight is 322 g/mol. The third-order valence-electron chi connectivity index (χ3n) is 3.76. The molecular formula is C21H26N2O. The highest BCUT2D eigenvalue weighted by molar-refractivity contribution is 5.64. The molecule has 3 nitrogen and oxygen atoms in total. The molecule has 0 saturated carbocycles. The molecule has 24 heavy (non-hydrogen) atoms. The lowest BCUT2D eigenvalue weighted by Crippen LogP contribution is -2.35. The Balaban J connectivity index is 2.05. The summed E-state index contributed by atoms with van der Waals surface area (Å²) in [5.74, 6) is 0. The van der Waals surface area contributed by atoms with E-state index in [1.165, 1.54) is 11.1 Å². The van der Waals surface area contributed by atoms with Gasteiger partial charge in [0.25, 0.3) is 0 Å². The fourth-order valence-corrected chi connectivity index (χ4v) is 2.70. The summed E-state index contributed by atoms with van der Waals surface area (Å²) >= 11 is 0. The average Bonchev–Trinajstić information content (AvgIpc) is 2.56. The highest BCUT2D eigenvalue weighted by Crippen LogP contribution is 2.16. The molecular weight excluding hydrogens is 296 g/mol. The standard InChI is InChI=1S/C21H26N2O/c1-21(2,17-22-24)18-23(16-20-12-7-4-8-13-20)15-9-14-19-10-5-3-6-11-19/h3-14,17,24H,15-16,18H2,1-2H3/b14-9+,22-17+. The van der Waals surface area contributed by atoms with Crippen LogP contribution in [-0.2, 0) is 6.54 Å². The third-order valence-corrected chi connectivity index (χ3v) is 3.76. The number of hydrogen-bond acceptors (Lipinski definition) is 3. The molecule has 1 N–H and O–H groups in total. The molecule has 0 aliphatic rings. The smallest absolute Gasteiger partial charge is 0.0504 e. The normalized spacial score (nSPS) is 12.5. The van der Waals surface area contributed by atoms with Crippen LogP contribution < -0.4 is 0 Å². The van der Waals surface area contributed by atoms with E-state index in [9.17, 15) is 0 Å². The first-order valence-corrected chi connectivity index (χ1v) is 8.25. The summed E-state index contributed by atoms with van der Waals surface area (Å²) in [5, 5.41) is 12.1. The molecule has 0 aliphatic carbocycles. The van der Waals surface area contributed by atoms with Crippen LogP contribution in [0.5, 0.6) is 0 Å². The summed E-state index contributed by atoms with van der Waals surface area (Å²) < 4.78 is 0. The second-order valence-electron chi connectivity index (χ2n) is 6.70. The van der Waals surface area contributed by atoms with Crippen molar-refractivity contribution in [2.45, 2.75) is 20.4 Å². The molecule has 0 unspecified atom stereocenters. The van der Waals surface area contributed by atoms with Crippen LogP contribution in [-0.4, -0.2) is 29.4 Å². The Morgan fingerprint density at radius 1 is 1.00 bits per heavy atom. The molecule has 0 fully saturated rings. The van der Waals surface area contributed by atoms with Gasteiger partial charge in [-0.25, -0.2) is 0 Å². The van der Waals surface area contributed by atoms with Gasteiger partial charge in [0.1, 0.15) is 0 Å². The van der Waals surface area contributed by atoms with Crippen LogP contribution >= 0.6 is 0 Å². The molecule has 0 aromatic heterocycles. The highest BCUT2D eigenvalue weighted by Gasteiger charge is 2.19. The number of oxime groups is 1. The van der Waals surface area contributed by atoms with Crippen LogP contribution in [0, 0.1) is 5.41 Å². The van der Waals surface area contributed by atoms with Gasteiger partial charge in [0.05, 0.1) is 6.21 Å². The second kappa shape index (κ2) is 9.04. The first-order chi connectivity index (χ1) is 11.6. The monoisotopic (exact) mass is 322 g/mol. The summed E-state index contributed by atoms with van der Waals surface area (Å²) in [4.78, 5) is 2.36. The van der Waals surface area contributed by atoms with Crippen molar-refractivity contribution >= 4 is 12.3 Å². The maximum Gasteiger partial charge on any atom is 0.0504 e. The minimum absolute atomic E-state index is 0.190. The zero-order valence-electron chi connectivity index (χ0n) is 14.5. The van der Waals surface area contributed by atoms with Gasteiger partial charge in [-0.3, -0.25) is 4.90 Å². The first kappa shape index (κ1) is 18.0. The highest BCUT2D eigenvalue weighted by atomic mass is 16.4. The topological polar surface area (TPSA) is 35.8 Å². The Labute approximate surface area is 144 Å². The van der Waals surface area contributed by atoms with Gasteiger partial charge in [-0.1, -0.05) is 86.7 Å². The summed E-state index contributed by atoms with van der Waals surface area (Å²) in [6, 6.07) is 20.7. The lowest BCUT2D eigenvalue weighted by atomic mass is 9.94. The third kappa shape index (κ3) is 6.39. The van der Waals surface area contributed by atoms with Gasteiger partial charge in [0.15, 0.2) is 0 Å². The fraction of sp³-hybridized carbons (Fsp3) is 0.286. The van der Waals surface area contributed by atoms with Crippen LogP contribution in [0.25, 0.3) is 6.08 Å². The van der Waals surface area contributed by atoms with E-state index in [2.05, 4.69) is 72.5 Å². The Kier molecular flexibility index (Phi) is 6.76. The molecule has 0 atom stereocenters. The van der Waals surface area contributed by atoms with E-state index in [0.29, 0.717) is 0 Å². The fourth-order valence-electron chi connectivity index (χ4n) is 2.70. The summed E-state index contributed by atoms with van der Waals surface area (Å²) in [6.07, 6.45) is 5.93. The van der Waals surface area contributed by atoms with E-state index in [1.807, 2.05) is 24.3 Å². The van der Waals surface area contributed by atoms with Crippen molar-refractivity contribution in [1.82, 2.24) is 4.90 Å². The maximum atomic E-state index is 8.87. The molecule has 0 amide bonds.